The van der Waals surface area contributed by atoms with Crippen LogP contribution in [0.15, 0.2) is 11.1 Å². The molecule has 1 N–H and O–H groups in total. The van der Waals surface area contributed by atoms with Crippen LogP contribution in [0.4, 0.5) is 0 Å². The van der Waals surface area contributed by atoms with Crippen LogP contribution in [-0.2, 0) is 4.79 Å². The van der Waals surface area contributed by atoms with Gasteiger partial charge in [0.05, 0.1) is 0 Å². The van der Waals surface area contributed by atoms with Crippen molar-refractivity contribution in [1.29, 1.82) is 0 Å². The van der Waals surface area contributed by atoms with Crippen LogP contribution in [0.3, 0.4) is 0 Å². The maximum absolute atomic E-state index is 10.9. The van der Waals surface area contributed by atoms with E-state index >= 15 is 0 Å². The number of carbonyl (C=O) groups excluding carboxylic acids is 1. The van der Waals surface area contributed by atoms with E-state index in [0.717, 1.165) is 25.8 Å². The van der Waals surface area contributed by atoms with Gasteiger partial charge in [0.15, 0.2) is 0 Å². The Bertz CT molecular complexity index is 165. The van der Waals surface area contributed by atoms with Gasteiger partial charge in [-0.25, -0.2) is 0 Å². The highest BCUT2D eigenvalue weighted by Crippen LogP contribution is 2.08. The molecule has 0 atom stereocenters. The Hall–Kier alpha value is -0.500. The third-order valence-electron chi connectivity index (χ3n) is 1.46. The minimum absolute atomic E-state index is 0.138. The molecular formula is C7H10ClNO. The van der Waals surface area contributed by atoms with Gasteiger partial charge >= 0.3 is 0 Å². The fraction of sp³-hybridized carbons (Fsp3) is 0.571. The van der Waals surface area contributed by atoms with Gasteiger partial charge in [-0.2, -0.15) is 0 Å². The maximum atomic E-state index is 10.9. The summed E-state index contributed by atoms with van der Waals surface area (Å²) in [5, 5.41) is 3.03. The first-order valence-electron chi connectivity index (χ1n) is 3.44. The second kappa shape index (κ2) is 3.62. The Balaban J connectivity index is 2.56. The average molecular weight is 160 g/mol. The van der Waals surface area contributed by atoms with Crippen molar-refractivity contribution in [3.63, 3.8) is 0 Å². The Morgan fingerprint density at radius 1 is 1.50 bits per heavy atom. The number of nitrogens with one attached hydrogen (secondary N) is 1. The van der Waals surface area contributed by atoms with E-state index in [2.05, 4.69) is 5.32 Å². The lowest BCUT2D eigenvalue weighted by molar-refractivity contribution is -0.116. The molecule has 1 aliphatic heterocycles. The highest BCUT2D eigenvalue weighted by Gasteiger charge is 2.06. The molecule has 0 fully saturated rings. The number of halogens is 1. The quantitative estimate of drug-likeness (QED) is 0.569. The minimum Gasteiger partial charge on any atom is -0.351 e. The van der Waals surface area contributed by atoms with Crippen LogP contribution in [0.25, 0.3) is 0 Å². The van der Waals surface area contributed by atoms with Gasteiger partial charge < -0.3 is 5.32 Å². The van der Waals surface area contributed by atoms with Crippen LogP contribution in [0.2, 0.25) is 0 Å². The summed E-state index contributed by atoms with van der Waals surface area (Å²) in [5.41, 5.74) is 0. The second-order valence-corrected chi connectivity index (χ2v) is 2.71. The Labute approximate surface area is 65.2 Å². The molecule has 0 radical (unpaired) electrons. The number of hydrogen-bond acceptors (Lipinski definition) is 1. The van der Waals surface area contributed by atoms with Crippen molar-refractivity contribution in [2.45, 2.75) is 19.3 Å². The summed E-state index contributed by atoms with van der Waals surface area (Å²) in [7, 11) is 0. The molecule has 0 saturated carbocycles. The molecule has 1 heterocycles. The van der Waals surface area contributed by atoms with Gasteiger partial charge in [0.25, 0.3) is 5.91 Å². The molecule has 0 aromatic rings. The van der Waals surface area contributed by atoms with Crippen LogP contribution in [-0.4, -0.2) is 12.5 Å². The third kappa shape index (κ3) is 2.03. The largest absolute Gasteiger partial charge is 0.351 e. The SMILES string of the molecule is O=C1NCCCC/C=C\1Cl. The van der Waals surface area contributed by atoms with Crippen LogP contribution in [0.1, 0.15) is 19.3 Å². The summed E-state index contributed by atoms with van der Waals surface area (Å²) in [6, 6.07) is 0. The van der Waals surface area contributed by atoms with E-state index < -0.39 is 0 Å². The van der Waals surface area contributed by atoms with Crippen molar-refractivity contribution >= 4 is 17.5 Å². The molecule has 0 aromatic heterocycles. The number of allylic oxidation sites excluding steroid dienone is 1. The van der Waals surface area contributed by atoms with Crippen molar-refractivity contribution in [2.24, 2.45) is 0 Å². The van der Waals surface area contributed by atoms with Gasteiger partial charge in [0.1, 0.15) is 5.03 Å². The van der Waals surface area contributed by atoms with Crippen molar-refractivity contribution < 1.29 is 4.79 Å². The van der Waals surface area contributed by atoms with Gasteiger partial charge in [-0.1, -0.05) is 17.7 Å². The lowest BCUT2D eigenvalue weighted by atomic mass is 10.2. The summed E-state index contributed by atoms with van der Waals surface area (Å²) < 4.78 is 0. The fourth-order valence-corrected chi connectivity index (χ4v) is 1.05. The first-order chi connectivity index (χ1) is 4.80. The summed E-state index contributed by atoms with van der Waals surface area (Å²) in [4.78, 5) is 10.9. The molecule has 0 unspecified atom stereocenters. The van der Waals surface area contributed by atoms with E-state index in [9.17, 15) is 4.79 Å². The van der Waals surface area contributed by atoms with Crippen LogP contribution < -0.4 is 5.32 Å². The van der Waals surface area contributed by atoms with E-state index in [0.29, 0.717) is 5.03 Å². The molecule has 0 aliphatic carbocycles. The number of carbonyl (C=O) groups is 1. The zero-order valence-corrected chi connectivity index (χ0v) is 6.45. The molecule has 56 valence electrons. The molecule has 0 spiro atoms. The topological polar surface area (TPSA) is 29.1 Å². The average Bonchev–Trinajstić information content (AvgIpc) is 1.92. The Kier molecular flexibility index (Phi) is 2.75. The zero-order chi connectivity index (χ0) is 7.40. The summed E-state index contributed by atoms with van der Waals surface area (Å²) in [6.45, 7) is 0.753. The van der Waals surface area contributed by atoms with Crippen LogP contribution in [0.5, 0.6) is 0 Å². The Morgan fingerprint density at radius 3 is 3.10 bits per heavy atom. The summed E-state index contributed by atoms with van der Waals surface area (Å²) >= 11 is 5.59. The van der Waals surface area contributed by atoms with Gasteiger partial charge in [-0.3, -0.25) is 4.79 Å². The molecule has 1 rings (SSSR count). The molecule has 1 aliphatic rings. The van der Waals surface area contributed by atoms with Crippen molar-refractivity contribution in [1.82, 2.24) is 5.32 Å². The predicted molar refractivity (Wildman–Crippen MR) is 40.8 cm³/mol. The van der Waals surface area contributed by atoms with E-state index in [4.69, 9.17) is 11.6 Å². The number of amides is 1. The molecular weight excluding hydrogens is 150 g/mol. The molecule has 10 heavy (non-hydrogen) atoms. The number of hydrogen-bond donors (Lipinski definition) is 1. The third-order valence-corrected chi connectivity index (χ3v) is 1.78. The minimum atomic E-state index is -0.138. The smallest absolute Gasteiger partial charge is 0.262 e. The highest BCUT2D eigenvalue weighted by molar-refractivity contribution is 6.42. The van der Waals surface area contributed by atoms with Gasteiger partial charge in [-0.15, -0.1) is 0 Å². The van der Waals surface area contributed by atoms with Crippen LogP contribution in [0, 0.1) is 0 Å². The van der Waals surface area contributed by atoms with E-state index in [1.165, 1.54) is 0 Å². The van der Waals surface area contributed by atoms with Gasteiger partial charge in [0.2, 0.25) is 0 Å². The molecule has 1 amide bonds. The molecule has 2 nitrogen and oxygen atoms in total. The van der Waals surface area contributed by atoms with E-state index in [-0.39, 0.29) is 5.91 Å². The molecule has 3 heteroatoms. The van der Waals surface area contributed by atoms with Crippen molar-refractivity contribution in [3.05, 3.63) is 11.1 Å². The van der Waals surface area contributed by atoms with E-state index in [1.807, 2.05) is 0 Å². The van der Waals surface area contributed by atoms with Crippen LogP contribution >= 0.6 is 11.6 Å². The van der Waals surface area contributed by atoms with Gasteiger partial charge in [0, 0.05) is 6.54 Å². The van der Waals surface area contributed by atoms with E-state index in [1.54, 1.807) is 6.08 Å². The molecule has 0 bridgehead atoms. The first-order valence-corrected chi connectivity index (χ1v) is 3.82. The first kappa shape index (κ1) is 7.61. The second-order valence-electron chi connectivity index (χ2n) is 2.30. The van der Waals surface area contributed by atoms with Crippen molar-refractivity contribution in [3.8, 4) is 0 Å². The molecule has 0 aromatic carbocycles. The zero-order valence-electron chi connectivity index (χ0n) is 5.69. The normalized spacial score (nSPS) is 25.7. The number of rotatable bonds is 0. The summed E-state index contributed by atoms with van der Waals surface area (Å²) in [5.74, 6) is -0.138. The lowest BCUT2D eigenvalue weighted by Gasteiger charge is -2.06. The lowest BCUT2D eigenvalue weighted by Crippen LogP contribution is -2.25. The standard InChI is InChI=1S/C7H10ClNO/c8-6-4-2-1-3-5-9-7(6)10/h4H,1-3,5H2,(H,9,10)/b6-4+. The molecule has 0 saturated heterocycles. The maximum Gasteiger partial charge on any atom is 0.262 e. The highest BCUT2D eigenvalue weighted by atomic mass is 35.5. The Morgan fingerprint density at radius 2 is 2.30 bits per heavy atom. The monoisotopic (exact) mass is 159 g/mol. The predicted octanol–water partition coefficient (Wildman–Crippen LogP) is 1.41. The van der Waals surface area contributed by atoms with Gasteiger partial charge in [-0.05, 0) is 19.3 Å². The fourth-order valence-electron chi connectivity index (χ4n) is 0.877. The summed E-state index contributed by atoms with van der Waals surface area (Å²) in [6.07, 6.45) is 4.85. The van der Waals surface area contributed by atoms with Crippen molar-refractivity contribution in [2.75, 3.05) is 6.54 Å².